The summed E-state index contributed by atoms with van der Waals surface area (Å²) >= 11 is 0. The second-order valence-electron chi connectivity index (χ2n) is 2.82. The molecule has 1 aromatic carbocycles. The third-order valence-corrected chi connectivity index (χ3v) is 2.66. The number of benzene rings is 1. The lowest BCUT2D eigenvalue weighted by Gasteiger charge is -2.08. The van der Waals surface area contributed by atoms with Gasteiger partial charge in [-0.3, -0.25) is 0 Å². The minimum absolute atomic E-state index is 0.0810. The highest BCUT2D eigenvalue weighted by Crippen LogP contribution is 2.16. The van der Waals surface area contributed by atoms with Gasteiger partial charge in [-0.2, -0.15) is 0 Å². The molecule has 0 aliphatic heterocycles. The number of rotatable bonds is 3. The van der Waals surface area contributed by atoms with E-state index in [1.165, 1.54) is 24.3 Å². The predicted molar refractivity (Wildman–Crippen MR) is 49.9 cm³/mol. The molecule has 0 fully saturated rings. The molecule has 0 bridgehead atoms. The average Bonchev–Trinajstić information content (AvgIpc) is 2.15. The Morgan fingerprint density at radius 1 is 1.43 bits per heavy atom. The maximum atomic E-state index is 10.9. The third-order valence-electron chi connectivity index (χ3n) is 1.74. The minimum atomic E-state index is -3.76. The van der Waals surface area contributed by atoms with Crippen molar-refractivity contribution in [2.24, 2.45) is 5.14 Å². The van der Waals surface area contributed by atoms with Gasteiger partial charge in [0.2, 0.25) is 10.0 Å². The van der Waals surface area contributed by atoms with Crippen molar-refractivity contribution >= 4 is 10.0 Å². The van der Waals surface area contributed by atoms with Crippen LogP contribution in [0.4, 0.5) is 0 Å². The van der Waals surface area contributed by atoms with Gasteiger partial charge in [0, 0.05) is 0 Å². The van der Waals surface area contributed by atoms with Crippen LogP contribution in [-0.2, 0) is 10.0 Å². The van der Waals surface area contributed by atoms with Gasteiger partial charge >= 0.3 is 0 Å². The van der Waals surface area contributed by atoms with Crippen LogP contribution >= 0.6 is 0 Å². The first-order chi connectivity index (χ1) is 6.45. The van der Waals surface area contributed by atoms with Gasteiger partial charge < -0.3 is 10.2 Å². The monoisotopic (exact) mass is 217 g/mol. The largest absolute Gasteiger partial charge is 0.393 e. The van der Waals surface area contributed by atoms with Crippen molar-refractivity contribution in [2.75, 3.05) is 6.61 Å². The van der Waals surface area contributed by atoms with Gasteiger partial charge in [-0.05, 0) is 17.7 Å². The minimum Gasteiger partial charge on any atom is -0.393 e. The molecule has 0 aromatic heterocycles. The molecule has 0 heterocycles. The Morgan fingerprint density at radius 2 is 2.07 bits per heavy atom. The van der Waals surface area contributed by atoms with E-state index in [1.807, 2.05) is 0 Å². The van der Waals surface area contributed by atoms with Crippen LogP contribution in [0.15, 0.2) is 29.2 Å². The maximum Gasteiger partial charge on any atom is 0.238 e. The van der Waals surface area contributed by atoms with Crippen molar-refractivity contribution in [1.82, 2.24) is 0 Å². The quantitative estimate of drug-likeness (QED) is 0.626. The molecule has 78 valence electrons. The first-order valence-electron chi connectivity index (χ1n) is 3.87. The Bertz CT molecular complexity index is 415. The Morgan fingerprint density at radius 3 is 2.57 bits per heavy atom. The molecule has 0 saturated heterocycles. The molecule has 1 unspecified atom stereocenters. The van der Waals surface area contributed by atoms with Crippen LogP contribution in [0.25, 0.3) is 0 Å². The van der Waals surface area contributed by atoms with Crippen molar-refractivity contribution in [3.63, 3.8) is 0 Å². The molecule has 0 aliphatic carbocycles. The molecule has 0 radical (unpaired) electrons. The van der Waals surface area contributed by atoms with Crippen LogP contribution in [-0.4, -0.2) is 25.2 Å². The summed E-state index contributed by atoms with van der Waals surface area (Å²) < 4.78 is 21.9. The van der Waals surface area contributed by atoms with Crippen LogP contribution in [0, 0.1) is 0 Å². The lowest BCUT2D eigenvalue weighted by molar-refractivity contribution is 0.0954. The summed E-state index contributed by atoms with van der Waals surface area (Å²) in [5.74, 6) is 0. The van der Waals surface area contributed by atoms with E-state index in [-0.39, 0.29) is 4.90 Å². The average molecular weight is 217 g/mol. The zero-order valence-corrected chi connectivity index (χ0v) is 8.11. The van der Waals surface area contributed by atoms with Gasteiger partial charge in [-0.1, -0.05) is 12.1 Å². The number of aliphatic hydroxyl groups excluding tert-OH is 2. The fourth-order valence-corrected chi connectivity index (χ4v) is 1.57. The standard InChI is InChI=1S/C8H11NO4S/c9-14(12,13)7-3-1-2-6(4-7)8(11)5-10/h1-4,8,10-11H,5H2,(H2,9,12,13). The number of primary sulfonamides is 1. The summed E-state index contributed by atoms with van der Waals surface area (Å²) in [6, 6.07) is 5.52. The van der Waals surface area contributed by atoms with Gasteiger partial charge in [0.05, 0.1) is 11.5 Å². The van der Waals surface area contributed by atoms with E-state index in [0.29, 0.717) is 5.56 Å². The van der Waals surface area contributed by atoms with Crippen LogP contribution in [0.3, 0.4) is 0 Å². The van der Waals surface area contributed by atoms with E-state index in [2.05, 4.69) is 0 Å². The van der Waals surface area contributed by atoms with Crippen molar-refractivity contribution in [2.45, 2.75) is 11.0 Å². The molecule has 14 heavy (non-hydrogen) atoms. The highest BCUT2D eigenvalue weighted by atomic mass is 32.2. The van der Waals surface area contributed by atoms with Crippen LogP contribution in [0.1, 0.15) is 11.7 Å². The molecule has 1 aromatic rings. The second kappa shape index (κ2) is 4.05. The summed E-state index contributed by atoms with van der Waals surface area (Å²) in [6.45, 7) is -0.464. The predicted octanol–water partition coefficient (Wildman–Crippen LogP) is -0.640. The molecule has 0 spiro atoms. The Labute approximate surface area is 81.9 Å². The van der Waals surface area contributed by atoms with Crippen LogP contribution in [0.5, 0.6) is 0 Å². The Balaban J connectivity index is 3.14. The number of nitrogens with two attached hydrogens (primary N) is 1. The number of hydrogen-bond acceptors (Lipinski definition) is 4. The fourth-order valence-electron chi connectivity index (χ4n) is 1.00. The van der Waals surface area contributed by atoms with E-state index in [1.54, 1.807) is 0 Å². The Hall–Kier alpha value is -0.950. The molecule has 1 rings (SSSR count). The maximum absolute atomic E-state index is 10.9. The van der Waals surface area contributed by atoms with Crippen LogP contribution < -0.4 is 5.14 Å². The van der Waals surface area contributed by atoms with Gasteiger partial charge in [0.15, 0.2) is 0 Å². The van der Waals surface area contributed by atoms with Gasteiger partial charge in [-0.25, -0.2) is 13.6 Å². The van der Waals surface area contributed by atoms with E-state index in [4.69, 9.17) is 10.2 Å². The Kier molecular flexibility index (Phi) is 3.22. The molecule has 1 atom stereocenters. The van der Waals surface area contributed by atoms with Gasteiger partial charge in [0.1, 0.15) is 6.10 Å². The highest BCUT2D eigenvalue weighted by Gasteiger charge is 2.11. The summed E-state index contributed by atoms with van der Waals surface area (Å²) in [5, 5.41) is 22.8. The highest BCUT2D eigenvalue weighted by molar-refractivity contribution is 7.89. The van der Waals surface area contributed by atoms with E-state index in [0.717, 1.165) is 0 Å². The first kappa shape index (κ1) is 11.1. The van der Waals surface area contributed by atoms with E-state index in [9.17, 15) is 13.5 Å². The fraction of sp³-hybridized carbons (Fsp3) is 0.250. The van der Waals surface area contributed by atoms with E-state index < -0.39 is 22.7 Å². The molecule has 0 amide bonds. The summed E-state index contributed by atoms with van der Waals surface area (Å²) in [5.41, 5.74) is 0.319. The molecular weight excluding hydrogens is 206 g/mol. The lowest BCUT2D eigenvalue weighted by Crippen LogP contribution is -2.13. The summed E-state index contributed by atoms with van der Waals surface area (Å²) in [6.07, 6.45) is -1.09. The molecule has 5 nitrogen and oxygen atoms in total. The molecule has 4 N–H and O–H groups in total. The SMILES string of the molecule is NS(=O)(=O)c1cccc(C(O)CO)c1. The third kappa shape index (κ3) is 2.52. The lowest BCUT2D eigenvalue weighted by atomic mass is 10.1. The molecular formula is C8H11NO4S. The molecule has 6 heteroatoms. The summed E-state index contributed by atoms with van der Waals surface area (Å²) in [7, 11) is -3.76. The smallest absolute Gasteiger partial charge is 0.238 e. The molecule has 0 saturated carbocycles. The first-order valence-corrected chi connectivity index (χ1v) is 5.41. The number of aliphatic hydroxyl groups is 2. The van der Waals surface area contributed by atoms with Crippen molar-refractivity contribution in [3.05, 3.63) is 29.8 Å². The normalized spacial score (nSPS) is 13.9. The summed E-state index contributed by atoms with van der Waals surface area (Å²) in [4.78, 5) is -0.0810. The van der Waals surface area contributed by atoms with Gasteiger partial charge in [0.25, 0.3) is 0 Å². The second-order valence-corrected chi connectivity index (χ2v) is 4.38. The number of sulfonamides is 1. The van der Waals surface area contributed by atoms with Crippen LogP contribution in [0.2, 0.25) is 0 Å². The van der Waals surface area contributed by atoms with Crippen molar-refractivity contribution in [3.8, 4) is 0 Å². The van der Waals surface area contributed by atoms with Crippen molar-refractivity contribution in [1.29, 1.82) is 0 Å². The van der Waals surface area contributed by atoms with Gasteiger partial charge in [-0.15, -0.1) is 0 Å². The van der Waals surface area contributed by atoms with E-state index >= 15 is 0 Å². The van der Waals surface area contributed by atoms with Crippen molar-refractivity contribution < 1.29 is 18.6 Å². The number of hydrogen-bond donors (Lipinski definition) is 3. The topological polar surface area (TPSA) is 101 Å². The zero-order valence-electron chi connectivity index (χ0n) is 7.29. The molecule has 0 aliphatic rings. The zero-order chi connectivity index (χ0) is 10.8.